The van der Waals surface area contributed by atoms with E-state index in [0.29, 0.717) is 31.3 Å². The fourth-order valence-corrected chi connectivity index (χ4v) is 2.96. The monoisotopic (exact) mass is 348 g/mol. The van der Waals surface area contributed by atoms with Crippen molar-refractivity contribution in [3.05, 3.63) is 23.3 Å². The number of amides is 1. The maximum atomic E-state index is 12.3. The van der Waals surface area contributed by atoms with Gasteiger partial charge in [0.2, 0.25) is 0 Å². The van der Waals surface area contributed by atoms with E-state index in [1.807, 2.05) is 32.9 Å². The molecule has 1 amide bonds. The van der Waals surface area contributed by atoms with E-state index in [-0.39, 0.29) is 6.09 Å². The van der Waals surface area contributed by atoms with Gasteiger partial charge in [-0.15, -0.1) is 0 Å². The number of hydrogen-bond donors (Lipinski definition) is 1. The minimum absolute atomic E-state index is 0.291. The first-order chi connectivity index (χ1) is 11.7. The molecule has 1 aromatic rings. The van der Waals surface area contributed by atoms with Crippen LogP contribution in [-0.2, 0) is 17.7 Å². The molecule has 1 aromatic carbocycles. The largest absolute Gasteiger partial charge is 0.493 e. The van der Waals surface area contributed by atoms with Crippen molar-refractivity contribution in [2.45, 2.75) is 66.0 Å². The second kappa shape index (κ2) is 7.98. The topological polar surface area (TPSA) is 64.8 Å². The number of carbonyl (C=O) groups excluding carboxylic acids is 1. The third-order valence-electron chi connectivity index (χ3n) is 4.24. The Morgan fingerprint density at radius 2 is 2.00 bits per heavy atom. The highest BCUT2D eigenvalue weighted by molar-refractivity contribution is 5.70. The highest BCUT2D eigenvalue weighted by Crippen LogP contribution is 2.33. The van der Waals surface area contributed by atoms with Crippen LogP contribution >= 0.6 is 0 Å². The van der Waals surface area contributed by atoms with E-state index in [9.17, 15) is 4.79 Å². The summed E-state index contributed by atoms with van der Waals surface area (Å²) in [5.41, 5.74) is 8.48. The third-order valence-corrected chi connectivity index (χ3v) is 4.24. The molecule has 0 saturated carbocycles. The van der Waals surface area contributed by atoms with E-state index in [2.05, 4.69) is 13.8 Å². The van der Waals surface area contributed by atoms with Crippen LogP contribution in [-0.4, -0.2) is 29.7 Å². The maximum absolute atomic E-state index is 12.3. The second-order valence-corrected chi connectivity index (χ2v) is 8.15. The molecule has 0 atom stereocenters. The molecule has 1 aliphatic heterocycles. The average molecular weight is 348 g/mol. The Kier molecular flexibility index (Phi) is 6.20. The van der Waals surface area contributed by atoms with E-state index in [4.69, 9.17) is 15.2 Å². The number of anilines is 1. The summed E-state index contributed by atoms with van der Waals surface area (Å²) >= 11 is 0. The number of benzene rings is 1. The Hall–Kier alpha value is -1.91. The van der Waals surface area contributed by atoms with Crippen LogP contribution in [0.1, 0.15) is 58.6 Å². The number of ether oxygens (including phenoxy) is 2. The van der Waals surface area contributed by atoms with Gasteiger partial charge >= 0.3 is 6.09 Å². The Bertz CT molecular complexity index is 606. The van der Waals surface area contributed by atoms with Crippen LogP contribution in [0.3, 0.4) is 0 Å². The SMILES string of the molecule is CC(C)CCCOc1ccc(N)c2c1CCN(C(=O)OC(C)(C)C)C2. The molecule has 0 bridgehead atoms. The van der Waals surface area contributed by atoms with Crippen molar-refractivity contribution in [2.24, 2.45) is 5.92 Å². The van der Waals surface area contributed by atoms with Crippen molar-refractivity contribution in [3.8, 4) is 5.75 Å². The highest BCUT2D eigenvalue weighted by atomic mass is 16.6. The molecule has 5 heteroatoms. The van der Waals surface area contributed by atoms with E-state index >= 15 is 0 Å². The first-order valence-electron chi connectivity index (χ1n) is 9.18. The highest BCUT2D eigenvalue weighted by Gasteiger charge is 2.28. The smallest absolute Gasteiger partial charge is 0.410 e. The predicted molar refractivity (Wildman–Crippen MR) is 101 cm³/mol. The van der Waals surface area contributed by atoms with Gasteiger partial charge in [-0.25, -0.2) is 4.79 Å². The van der Waals surface area contributed by atoms with Crippen LogP contribution < -0.4 is 10.5 Å². The molecule has 1 heterocycles. The molecule has 2 N–H and O–H groups in total. The van der Waals surface area contributed by atoms with Gasteiger partial charge in [-0.2, -0.15) is 0 Å². The van der Waals surface area contributed by atoms with E-state index in [1.165, 1.54) is 0 Å². The summed E-state index contributed by atoms with van der Waals surface area (Å²) in [5.74, 6) is 1.59. The number of nitrogens with zero attached hydrogens (tertiary/aromatic N) is 1. The lowest BCUT2D eigenvalue weighted by Crippen LogP contribution is -2.40. The van der Waals surface area contributed by atoms with E-state index in [0.717, 1.165) is 36.1 Å². The zero-order chi connectivity index (χ0) is 18.6. The summed E-state index contributed by atoms with van der Waals surface area (Å²) in [6, 6.07) is 3.82. The molecule has 1 aliphatic rings. The van der Waals surface area contributed by atoms with Gasteiger partial charge in [0.25, 0.3) is 0 Å². The number of nitrogen functional groups attached to an aromatic ring is 1. The first-order valence-corrected chi connectivity index (χ1v) is 9.18. The van der Waals surface area contributed by atoms with Gasteiger partial charge < -0.3 is 20.1 Å². The van der Waals surface area contributed by atoms with Gasteiger partial charge in [-0.3, -0.25) is 0 Å². The van der Waals surface area contributed by atoms with Crippen LogP contribution in [0.2, 0.25) is 0 Å². The molecule has 0 aliphatic carbocycles. The fraction of sp³-hybridized carbons (Fsp3) is 0.650. The maximum Gasteiger partial charge on any atom is 0.410 e. The number of carbonyl (C=O) groups is 1. The minimum Gasteiger partial charge on any atom is -0.493 e. The molecule has 0 spiro atoms. The zero-order valence-electron chi connectivity index (χ0n) is 16.2. The Balaban J connectivity index is 2.06. The van der Waals surface area contributed by atoms with Crippen LogP contribution in [0, 0.1) is 5.92 Å². The standard InChI is InChI=1S/C20H32N2O3/c1-14(2)7-6-12-24-18-9-8-17(21)16-13-22(11-10-15(16)18)19(23)25-20(3,4)5/h8-9,14H,6-7,10-13,21H2,1-5H3. The Morgan fingerprint density at radius 3 is 2.64 bits per heavy atom. The summed E-state index contributed by atoms with van der Waals surface area (Å²) in [6.07, 6.45) is 2.64. The summed E-state index contributed by atoms with van der Waals surface area (Å²) in [4.78, 5) is 14.0. The normalized spacial score (nSPS) is 14.4. The molecule has 0 unspecified atom stereocenters. The average Bonchev–Trinajstić information content (AvgIpc) is 2.51. The molecule has 25 heavy (non-hydrogen) atoms. The molecule has 0 radical (unpaired) electrons. The number of nitrogens with two attached hydrogens (primary N) is 1. The van der Waals surface area contributed by atoms with Gasteiger partial charge in [-0.05, 0) is 58.1 Å². The quantitative estimate of drug-likeness (QED) is 0.633. The summed E-state index contributed by atoms with van der Waals surface area (Å²) in [6.45, 7) is 11.9. The molecule has 0 aromatic heterocycles. The van der Waals surface area contributed by atoms with Crippen LogP contribution in [0.4, 0.5) is 10.5 Å². The number of hydrogen-bond acceptors (Lipinski definition) is 4. The third kappa shape index (κ3) is 5.55. The van der Waals surface area contributed by atoms with Crippen LogP contribution in [0.15, 0.2) is 12.1 Å². The zero-order valence-corrected chi connectivity index (χ0v) is 16.2. The number of rotatable bonds is 5. The van der Waals surface area contributed by atoms with Crippen molar-refractivity contribution in [1.82, 2.24) is 4.90 Å². The van der Waals surface area contributed by atoms with Crippen molar-refractivity contribution < 1.29 is 14.3 Å². The van der Waals surface area contributed by atoms with Gasteiger partial charge in [0, 0.05) is 23.4 Å². The van der Waals surface area contributed by atoms with Crippen LogP contribution in [0.25, 0.3) is 0 Å². The molecule has 140 valence electrons. The molecule has 0 saturated heterocycles. The first kappa shape index (κ1) is 19.4. The van der Waals surface area contributed by atoms with Gasteiger partial charge in [0.05, 0.1) is 13.2 Å². The predicted octanol–water partition coefficient (Wildman–Crippen LogP) is 4.38. The van der Waals surface area contributed by atoms with Crippen molar-refractivity contribution in [3.63, 3.8) is 0 Å². The summed E-state index contributed by atoms with van der Waals surface area (Å²) in [5, 5.41) is 0. The summed E-state index contributed by atoms with van der Waals surface area (Å²) in [7, 11) is 0. The molecule has 0 fully saturated rings. The molecular weight excluding hydrogens is 316 g/mol. The molecule has 2 rings (SSSR count). The van der Waals surface area contributed by atoms with Gasteiger partial charge in [0.1, 0.15) is 11.4 Å². The van der Waals surface area contributed by atoms with E-state index in [1.54, 1.807) is 4.90 Å². The van der Waals surface area contributed by atoms with E-state index < -0.39 is 5.60 Å². The second-order valence-electron chi connectivity index (χ2n) is 8.15. The van der Waals surface area contributed by atoms with Crippen LogP contribution in [0.5, 0.6) is 5.75 Å². The summed E-state index contributed by atoms with van der Waals surface area (Å²) < 4.78 is 11.5. The van der Waals surface area contributed by atoms with Gasteiger partial charge in [-0.1, -0.05) is 13.8 Å². The van der Waals surface area contributed by atoms with Crippen molar-refractivity contribution >= 4 is 11.8 Å². The molecular formula is C20H32N2O3. The van der Waals surface area contributed by atoms with Crippen molar-refractivity contribution in [2.75, 3.05) is 18.9 Å². The number of fused-ring (bicyclic) bond motifs is 1. The lowest BCUT2D eigenvalue weighted by atomic mass is 9.97. The Morgan fingerprint density at radius 1 is 1.28 bits per heavy atom. The van der Waals surface area contributed by atoms with Crippen molar-refractivity contribution in [1.29, 1.82) is 0 Å². The Labute approximate surface area is 151 Å². The van der Waals surface area contributed by atoms with Gasteiger partial charge in [0.15, 0.2) is 0 Å². The lowest BCUT2D eigenvalue weighted by molar-refractivity contribution is 0.0223. The minimum atomic E-state index is -0.496. The lowest BCUT2D eigenvalue weighted by Gasteiger charge is -2.32. The fourth-order valence-electron chi connectivity index (χ4n) is 2.96. The molecule has 5 nitrogen and oxygen atoms in total.